The topological polar surface area (TPSA) is 67.4 Å². The van der Waals surface area contributed by atoms with Crippen molar-refractivity contribution in [2.75, 3.05) is 12.4 Å². The summed E-state index contributed by atoms with van der Waals surface area (Å²) in [5, 5.41) is 5.14. The summed E-state index contributed by atoms with van der Waals surface area (Å²) in [4.78, 5) is 24.0. The molecule has 0 radical (unpaired) electrons. The van der Waals surface area contributed by atoms with Gasteiger partial charge in [0.15, 0.2) is 0 Å². The van der Waals surface area contributed by atoms with E-state index in [9.17, 15) is 14.0 Å². The Morgan fingerprint density at radius 2 is 1.92 bits per heavy atom. The first kappa shape index (κ1) is 18.4. The van der Waals surface area contributed by atoms with E-state index in [2.05, 4.69) is 10.6 Å². The predicted octanol–water partition coefficient (Wildman–Crippen LogP) is 2.83. The highest BCUT2D eigenvalue weighted by molar-refractivity contribution is 6.39. The number of hydrogen-bond donors (Lipinski definition) is 2. The van der Waals surface area contributed by atoms with Crippen LogP contribution in [0.4, 0.5) is 10.1 Å². The van der Waals surface area contributed by atoms with Gasteiger partial charge in [-0.1, -0.05) is 12.1 Å². The SMILES string of the molecule is COc1cccc(C[C@@H](C)NC(=O)C(=O)Nc2ccc(F)cc2C)c1. The van der Waals surface area contributed by atoms with Crippen LogP contribution in [-0.2, 0) is 16.0 Å². The second kappa shape index (κ2) is 8.28. The average Bonchev–Trinajstić information content (AvgIpc) is 2.57. The molecule has 132 valence electrons. The molecule has 2 rings (SSSR count). The fraction of sp³-hybridized carbons (Fsp3) is 0.263. The molecule has 25 heavy (non-hydrogen) atoms. The van der Waals surface area contributed by atoms with Crippen LogP contribution in [0, 0.1) is 12.7 Å². The fourth-order valence-corrected chi connectivity index (χ4v) is 2.44. The molecule has 0 aliphatic rings. The van der Waals surface area contributed by atoms with Gasteiger partial charge in [-0.15, -0.1) is 0 Å². The van der Waals surface area contributed by atoms with Crippen molar-refractivity contribution in [2.45, 2.75) is 26.3 Å². The molecule has 0 heterocycles. The maximum atomic E-state index is 13.1. The van der Waals surface area contributed by atoms with Crippen molar-refractivity contribution in [1.29, 1.82) is 0 Å². The molecule has 2 aromatic rings. The standard InChI is InChI=1S/C19H21FN2O3/c1-12-9-15(20)7-8-17(12)22-19(24)18(23)21-13(2)10-14-5-4-6-16(11-14)25-3/h4-9,11,13H,10H2,1-3H3,(H,21,23)(H,22,24)/t13-/m1/s1. The second-order valence-corrected chi connectivity index (χ2v) is 5.84. The number of halogens is 1. The number of amides is 2. The van der Waals surface area contributed by atoms with Gasteiger partial charge >= 0.3 is 11.8 Å². The van der Waals surface area contributed by atoms with Crippen molar-refractivity contribution >= 4 is 17.5 Å². The highest BCUT2D eigenvalue weighted by Gasteiger charge is 2.17. The molecule has 2 aromatic carbocycles. The zero-order chi connectivity index (χ0) is 18.4. The number of carbonyl (C=O) groups is 2. The molecule has 0 aliphatic carbocycles. The predicted molar refractivity (Wildman–Crippen MR) is 94.1 cm³/mol. The van der Waals surface area contributed by atoms with E-state index in [1.807, 2.05) is 31.2 Å². The van der Waals surface area contributed by atoms with E-state index in [4.69, 9.17) is 4.74 Å². The van der Waals surface area contributed by atoms with E-state index < -0.39 is 17.6 Å². The Labute approximate surface area is 146 Å². The summed E-state index contributed by atoms with van der Waals surface area (Å²) in [6, 6.07) is 11.2. The third-order valence-corrected chi connectivity index (χ3v) is 3.70. The van der Waals surface area contributed by atoms with Crippen molar-refractivity contribution < 1.29 is 18.7 Å². The zero-order valence-corrected chi connectivity index (χ0v) is 14.4. The first-order valence-corrected chi connectivity index (χ1v) is 7.90. The van der Waals surface area contributed by atoms with E-state index in [1.54, 1.807) is 14.0 Å². The molecule has 0 saturated carbocycles. The van der Waals surface area contributed by atoms with Crippen molar-refractivity contribution in [3.05, 3.63) is 59.4 Å². The molecule has 5 nitrogen and oxygen atoms in total. The number of anilines is 1. The smallest absolute Gasteiger partial charge is 0.313 e. The van der Waals surface area contributed by atoms with Crippen LogP contribution in [0.1, 0.15) is 18.1 Å². The lowest BCUT2D eigenvalue weighted by atomic mass is 10.1. The molecule has 1 atom stereocenters. The maximum Gasteiger partial charge on any atom is 0.313 e. The van der Waals surface area contributed by atoms with Gasteiger partial charge in [0, 0.05) is 11.7 Å². The molecule has 2 amide bonds. The van der Waals surface area contributed by atoms with Crippen LogP contribution in [0.3, 0.4) is 0 Å². The van der Waals surface area contributed by atoms with Gasteiger partial charge in [-0.2, -0.15) is 0 Å². The van der Waals surface area contributed by atoms with Crippen LogP contribution in [0.5, 0.6) is 5.75 Å². The molecule has 0 spiro atoms. The first-order valence-electron chi connectivity index (χ1n) is 7.90. The lowest BCUT2D eigenvalue weighted by Crippen LogP contribution is -2.41. The van der Waals surface area contributed by atoms with E-state index in [0.29, 0.717) is 17.7 Å². The number of nitrogens with one attached hydrogen (secondary N) is 2. The summed E-state index contributed by atoms with van der Waals surface area (Å²) in [6.45, 7) is 3.47. The Balaban J connectivity index is 1.92. The number of rotatable bonds is 5. The van der Waals surface area contributed by atoms with Gasteiger partial charge in [0.25, 0.3) is 0 Å². The average molecular weight is 344 g/mol. The summed E-state index contributed by atoms with van der Waals surface area (Å²) in [5.74, 6) is -1.18. The third kappa shape index (κ3) is 5.31. The lowest BCUT2D eigenvalue weighted by molar-refractivity contribution is -0.136. The van der Waals surface area contributed by atoms with Crippen molar-refractivity contribution in [1.82, 2.24) is 5.32 Å². The molecule has 0 aliphatic heterocycles. The number of hydrogen-bond acceptors (Lipinski definition) is 3. The van der Waals surface area contributed by atoms with Crippen LogP contribution in [0.25, 0.3) is 0 Å². The molecular formula is C19H21FN2O3. The Morgan fingerprint density at radius 1 is 1.16 bits per heavy atom. The normalized spacial score (nSPS) is 11.5. The summed E-state index contributed by atoms with van der Waals surface area (Å²) >= 11 is 0. The lowest BCUT2D eigenvalue weighted by Gasteiger charge is -2.15. The number of ether oxygens (including phenoxy) is 1. The Morgan fingerprint density at radius 3 is 2.60 bits per heavy atom. The van der Waals surface area contributed by atoms with E-state index >= 15 is 0 Å². The fourth-order valence-electron chi connectivity index (χ4n) is 2.44. The first-order chi connectivity index (χ1) is 11.9. The van der Waals surface area contributed by atoms with Gasteiger partial charge in [-0.05, 0) is 61.7 Å². The molecule has 0 fully saturated rings. The van der Waals surface area contributed by atoms with Crippen LogP contribution in [0.15, 0.2) is 42.5 Å². The minimum Gasteiger partial charge on any atom is -0.497 e. The largest absolute Gasteiger partial charge is 0.497 e. The van der Waals surface area contributed by atoms with E-state index in [1.165, 1.54) is 18.2 Å². The number of aryl methyl sites for hydroxylation is 1. The van der Waals surface area contributed by atoms with Crippen molar-refractivity contribution in [3.8, 4) is 5.75 Å². The second-order valence-electron chi connectivity index (χ2n) is 5.84. The molecule has 6 heteroatoms. The molecule has 0 aromatic heterocycles. The number of benzene rings is 2. The van der Waals surface area contributed by atoms with Crippen molar-refractivity contribution in [3.63, 3.8) is 0 Å². The minimum absolute atomic E-state index is 0.236. The molecule has 0 saturated heterocycles. The highest BCUT2D eigenvalue weighted by atomic mass is 19.1. The molecule has 2 N–H and O–H groups in total. The summed E-state index contributed by atoms with van der Waals surface area (Å²) < 4.78 is 18.2. The van der Waals surface area contributed by atoms with E-state index in [0.717, 1.165) is 11.3 Å². The quantitative estimate of drug-likeness (QED) is 0.820. The molecule has 0 bridgehead atoms. The van der Waals surface area contributed by atoms with Gasteiger partial charge in [0.2, 0.25) is 0 Å². The van der Waals surface area contributed by atoms with Gasteiger partial charge in [0.1, 0.15) is 11.6 Å². The van der Waals surface area contributed by atoms with Crippen LogP contribution in [-0.4, -0.2) is 25.0 Å². The van der Waals surface area contributed by atoms with Gasteiger partial charge in [0.05, 0.1) is 7.11 Å². The van der Waals surface area contributed by atoms with Crippen LogP contribution in [0.2, 0.25) is 0 Å². The highest BCUT2D eigenvalue weighted by Crippen LogP contribution is 2.16. The van der Waals surface area contributed by atoms with Crippen molar-refractivity contribution in [2.24, 2.45) is 0 Å². The summed E-state index contributed by atoms with van der Waals surface area (Å²) in [7, 11) is 1.59. The minimum atomic E-state index is -0.785. The molecule has 0 unspecified atom stereocenters. The van der Waals surface area contributed by atoms with E-state index in [-0.39, 0.29) is 6.04 Å². The maximum absolute atomic E-state index is 13.1. The zero-order valence-electron chi connectivity index (χ0n) is 14.4. The Kier molecular flexibility index (Phi) is 6.11. The summed E-state index contributed by atoms with van der Waals surface area (Å²) in [5.41, 5.74) is 1.94. The van der Waals surface area contributed by atoms with Crippen LogP contribution >= 0.6 is 0 Å². The Hall–Kier alpha value is -2.89. The summed E-state index contributed by atoms with van der Waals surface area (Å²) in [6.07, 6.45) is 0.561. The van der Waals surface area contributed by atoms with Gasteiger partial charge in [-0.3, -0.25) is 9.59 Å². The third-order valence-electron chi connectivity index (χ3n) is 3.70. The van der Waals surface area contributed by atoms with Gasteiger partial charge < -0.3 is 15.4 Å². The molecular weight excluding hydrogens is 323 g/mol. The van der Waals surface area contributed by atoms with Crippen LogP contribution < -0.4 is 15.4 Å². The number of methoxy groups -OCH3 is 1. The monoisotopic (exact) mass is 344 g/mol. The Bertz CT molecular complexity index is 777. The number of carbonyl (C=O) groups excluding carboxylic acids is 2. The van der Waals surface area contributed by atoms with Gasteiger partial charge in [-0.25, -0.2) is 4.39 Å².